The highest BCUT2D eigenvalue weighted by Gasteiger charge is 2.37. The van der Waals surface area contributed by atoms with Crippen LogP contribution in [0.25, 0.3) is 33.6 Å². The Bertz CT molecular complexity index is 1360. The molecule has 3 heteroatoms. The first kappa shape index (κ1) is 22.3. The summed E-state index contributed by atoms with van der Waals surface area (Å²) in [5.41, 5.74) is 6.97. The van der Waals surface area contributed by atoms with Crippen LogP contribution >= 0.6 is 0 Å². The zero-order valence-electron chi connectivity index (χ0n) is 19.5. The first-order chi connectivity index (χ1) is 17.3. The minimum absolute atomic E-state index is 0.317. The summed E-state index contributed by atoms with van der Waals surface area (Å²) in [4.78, 5) is 13.4. The molecule has 0 aliphatic carbocycles. The molecule has 0 amide bonds. The van der Waals surface area contributed by atoms with Crippen LogP contribution in [0.15, 0.2) is 133 Å². The lowest BCUT2D eigenvalue weighted by Crippen LogP contribution is -2.48. The minimum atomic E-state index is -0.656. The van der Waals surface area contributed by atoms with Gasteiger partial charge in [0, 0.05) is 28.8 Å². The summed E-state index contributed by atoms with van der Waals surface area (Å²) in [5, 5.41) is 0. The molecular weight excluding hydrogens is 430 g/mol. The van der Waals surface area contributed by atoms with Gasteiger partial charge in [-0.1, -0.05) is 97.1 Å². The van der Waals surface area contributed by atoms with Crippen molar-refractivity contribution in [1.29, 1.82) is 0 Å². The molecular formula is C32H26NO2+. The maximum atomic E-state index is 13.4. The van der Waals surface area contributed by atoms with Crippen LogP contribution in [-0.2, 0) is 9.53 Å². The van der Waals surface area contributed by atoms with Gasteiger partial charge in [0.25, 0.3) is 6.04 Å². The van der Waals surface area contributed by atoms with E-state index in [1.54, 1.807) is 0 Å². The fourth-order valence-corrected chi connectivity index (χ4v) is 4.48. The summed E-state index contributed by atoms with van der Waals surface area (Å²) >= 11 is 0. The van der Waals surface area contributed by atoms with Gasteiger partial charge in [0.1, 0.15) is 0 Å². The van der Waals surface area contributed by atoms with Crippen molar-refractivity contribution in [1.82, 2.24) is 0 Å². The van der Waals surface area contributed by atoms with Crippen LogP contribution in [0.4, 0.5) is 0 Å². The first-order valence-corrected chi connectivity index (χ1v) is 11.6. The number of esters is 1. The number of methoxy groups -OCH3 is 1. The monoisotopic (exact) mass is 456 g/mol. The van der Waals surface area contributed by atoms with E-state index in [2.05, 4.69) is 53.1 Å². The molecule has 0 saturated carbocycles. The number of pyridine rings is 1. The second kappa shape index (κ2) is 10.2. The second-order valence-electron chi connectivity index (χ2n) is 8.32. The molecule has 1 atom stereocenters. The number of benzene rings is 4. The smallest absolute Gasteiger partial charge is 0.380 e. The van der Waals surface area contributed by atoms with E-state index in [1.165, 1.54) is 7.11 Å². The molecule has 1 heterocycles. The predicted octanol–water partition coefficient (Wildman–Crippen LogP) is 6.74. The zero-order valence-corrected chi connectivity index (χ0v) is 19.5. The number of ether oxygens (including phenoxy) is 1. The van der Waals surface area contributed by atoms with Gasteiger partial charge in [0.2, 0.25) is 11.4 Å². The number of rotatable bonds is 6. The van der Waals surface area contributed by atoms with Crippen molar-refractivity contribution in [3.63, 3.8) is 0 Å². The molecule has 170 valence electrons. The maximum absolute atomic E-state index is 13.4. The highest BCUT2D eigenvalue weighted by molar-refractivity contribution is 5.78. The van der Waals surface area contributed by atoms with Crippen molar-refractivity contribution >= 4 is 5.97 Å². The lowest BCUT2D eigenvalue weighted by Gasteiger charge is -2.19. The van der Waals surface area contributed by atoms with E-state index >= 15 is 0 Å². The summed E-state index contributed by atoms with van der Waals surface area (Å²) in [6.07, 6.45) is 0. The minimum Gasteiger partial charge on any atom is -0.464 e. The Morgan fingerprint density at radius 2 is 0.971 bits per heavy atom. The predicted molar refractivity (Wildman–Crippen MR) is 140 cm³/mol. The van der Waals surface area contributed by atoms with E-state index in [-0.39, 0.29) is 5.97 Å². The molecule has 5 aromatic rings. The van der Waals surface area contributed by atoms with E-state index in [1.807, 2.05) is 84.9 Å². The number of carbonyl (C=O) groups excluding carboxylic acids is 1. The van der Waals surface area contributed by atoms with Crippen molar-refractivity contribution in [3.05, 3.63) is 139 Å². The Morgan fingerprint density at radius 3 is 1.40 bits per heavy atom. The van der Waals surface area contributed by atoms with Gasteiger partial charge >= 0.3 is 5.97 Å². The Labute approximate surface area is 205 Å². The van der Waals surface area contributed by atoms with Crippen molar-refractivity contribution in [3.8, 4) is 33.6 Å². The summed E-state index contributed by atoms with van der Waals surface area (Å²) in [6.45, 7) is 0. The summed E-state index contributed by atoms with van der Waals surface area (Å²) in [6, 6.07) is 44.2. The maximum Gasteiger partial charge on any atom is 0.380 e. The van der Waals surface area contributed by atoms with Crippen molar-refractivity contribution < 1.29 is 14.1 Å². The second-order valence-corrected chi connectivity index (χ2v) is 8.32. The van der Waals surface area contributed by atoms with Gasteiger partial charge in [0.15, 0.2) is 0 Å². The van der Waals surface area contributed by atoms with Crippen LogP contribution in [0.2, 0.25) is 0 Å². The van der Waals surface area contributed by atoms with Gasteiger partial charge < -0.3 is 4.74 Å². The quantitative estimate of drug-likeness (QED) is 0.209. The van der Waals surface area contributed by atoms with Gasteiger partial charge in [-0.15, -0.1) is 0 Å². The molecule has 0 N–H and O–H groups in total. The van der Waals surface area contributed by atoms with Gasteiger partial charge in [-0.2, -0.15) is 4.57 Å². The zero-order chi connectivity index (χ0) is 24.0. The third-order valence-electron chi connectivity index (χ3n) is 6.15. The van der Waals surface area contributed by atoms with Crippen LogP contribution in [0, 0.1) is 0 Å². The lowest BCUT2D eigenvalue weighted by atomic mass is 9.96. The third kappa shape index (κ3) is 4.62. The van der Waals surface area contributed by atoms with Gasteiger partial charge in [-0.3, -0.25) is 0 Å². The normalized spacial score (nSPS) is 11.6. The Kier molecular flexibility index (Phi) is 6.49. The SMILES string of the molecule is COC(=O)C(c1ccccc1)[n+]1c(-c2ccccc2)cc(-c2ccccc2)cc1-c1ccccc1. The summed E-state index contributed by atoms with van der Waals surface area (Å²) in [5.74, 6) is -0.317. The molecule has 0 aliphatic heterocycles. The number of nitrogens with zero attached hydrogens (tertiary/aromatic N) is 1. The van der Waals surface area contributed by atoms with Gasteiger partial charge in [-0.05, 0) is 35.4 Å². The van der Waals surface area contributed by atoms with Crippen LogP contribution in [0.3, 0.4) is 0 Å². The Morgan fingerprint density at radius 1 is 0.571 bits per heavy atom. The molecule has 1 unspecified atom stereocenters. The molecule has 0 bridgehead atoms. The van der Waals surface area contributed by atoms with Crippen LogP contribution in [0.1, 0.15) is 11.6 Å². The fraction of sp³-hybridized carbons (Fsp3) is 0.0625. The van der Waals surface area contributed by atoms with E-state index in [0.717, 1.165) is 39.2 Å². The van der Waals surface area contributed by atoms with Crippen LogP contribution < -0.4 is 4.57 Å². The standard InChI is InChI=1S/C32H26NO2/c1-35-32(34)31(27-20-12-5-13-21-27)33-29(25-16-8-3-9-17-25)22-28(24-14-6-2-7-15-24)23-30(33)26-18-10-4-11-19-26/h2-23,31H,1H3/q+1. The summed E-state index contributed by atoms with van der Waals surface area (Å²) in [7, 11) is 1.45. The number of hydrogen-bond acceptors (Lipinski definition) is 2. The van der Waals surface area contributed by atoms with Gasteiger partial charge in [0.05, 0.1) is 7.11 Å². The average Bonchev–Trinajstić information content (AvgIpc) is 2.95. The molecule has 0 radical (unpaired) electrons. The van der Waals surface area contributed by atoms with Crippen molar-refractivity contribution in [2.75, 3.05) is 7.11 Å². The van der Waals surface area contributed by atoms with E-state index < -0.39 is 6.04 Å². The first-order valence-electron chi connectivity index (χ1n) is 11.6. The molecule has 5 rings (SSSR count). The van der Waals surface area contributed by atoms with E-state index in [4.69, 9.17) is 4.74 Å². The molecule has 35 heavy (non-hydrogen) atoms. The van der Waals surface area contributed by atoms with Crippen LogP contribution in [0.5, 0.6) is 0 Å². The van der Waals surface area contributed by atoms with Crippen LogP contribution in [-0.4, -0.2) is 13.1 Å². The number of hydrogen-bond donors (Lipinski definition) is 0. The van der Waals surface area contributed by atoms with Crippen molar-refractivity contribution in [2.45, 2.75) is 6.04 Å². The van der Waals surface area contributed by atoms with E-state index in [9.17, 15) is 4.79 Å². The largest absolute Gasteiger partial charge is 0.464 e. The topological polar surface area (TPSA) is 30.2 Å². The average molecular weight is 457 g/mol. The fourth-order valence-electron chi connectivity index (χ4n) is 4.48. The molecule has 3 nitrogen and oxygen atoms in total. The van der Waals surface area contributed by atoms with Crippen molar-refractivity contribution in [2.24, 2.45) is 0 Å². The Balaban J connectivity index is 1.89. The molecule has 4 aromatic carbocycles. The highest BCUT2D eigenvalue weighted by atomic mass is 16.5. The van der Waals surface area contributed by atoms with E-state index in [0.29, 0.717) is 0 Å². The molecule has 0 aliphatic rings. The third-order valence-corrected chi connectivity index (χ3v) is 6.15. The molecule has 1 aromatic heterocycles. The lowest BCUT2D eigenvalue weighted by molar-refractivity contribution is -0.680. The highest BCUT2D eigenvalue weighted by Crippen LogP contribution is 2.32. The number of carbonyl (C=O) groups is 1. The Hall–Kier alpha value is -4.50. The molecule has 0 saturated heterocycles. The molecule has 0 spiro atoms. The molecule has 0 fully saturated rings. The summed E-state index contributed by atoms with van der Waals surface area (Å²) < 4.78 is 7.47. The number of aromatic nitrogens is 1. The van der Waals surface area contributed by atoms with Gasteiger partial charge in [-0.25, -0.2) is 4.79 Å².